The molecule has 0 spiro atoms. The van der Waals surface area contributed by atoms with Gasteiger partial charge in [0.1, 0.15) is 5.69 Å². The summed E-state index contributed by atoms with van der Waals surface area (Å²) in [6.45, 7) is 7.74. The molecule has 0 atom stereocenters. The highest BCUT2D eigenvalue weighted by Crippen LogP contribution is 2.19. The number of rotatable bonds is 1. The van der Waals surface area contributed by atoms with Gasteiger partial charge in [-0.05, 0) is 51.5 Å². The molecule has 0 saturated carbocycles. The van der Waals surface area contributed by atoms with Crippen molar-refractivity contribution in [2.75, 3.05) is 0 Å². The molecule has 0 saturated heterocycles. The Balaban J connectivity index is 2.26. The number of hydrogen-bond donors (Lipinski definition) is 1. The number of aryl methyl sites for hydroxylation is 2. The number of amides is 1. The van der Waals surface area contributed by atoms with Crippen molar-refractivity contribution in [2.24, 2.45) is 7.05 Å². The summed E-state index contributed by atoms with van der Waals surface area (Å²) in [6.07, 6.45) is 1.82. The minimum Gasteiger partial charge on any atom is -0.346 e. The predicted molar refractivity (Wildman–Crippen MR) is 92.1 cm³/mol. The second kappa shape index (κ2) is 4.98. The van der Waals surface area contributed by atoms with Crippen LogP contribution < -0.4 is 10.9 Å². The fourth-order valence-electron chi connectivity index (χ4n) is 2.77. The maximum Gasteiger partial charge on any atom is 0.268 e. The Morgan fingerprint density at radius 3 is 2.52 bits per heavy atom. The highest BCUT2D eigenvalue weighted by atomic mass is 16.2. The van der Waals surface area contributed by atoms with Crippen LogP contribution in [0.2, 0.25) is 0 Å². The molecule has 0 bridgehead atoms. The summed E-state index contributed by atoms with van der Waals surface area (Å²) in [5, 5.41) is 3.49. The van der Waals surface area contributed by atoms with Crippen LogP contribution >= 0.6 is 0 Å². The second-order valence-corrected chi connectivity index (χ2v) is 7.04. The molecule has 0 fully saturated rings. The van der Waals surface area contributed by atoms with Crippen molar-refractivity contribution >= 4 is 22.3 Å². The first-order valence-electron chi connectivity index (χ1n) is 7.61. The lowest BCUT2D eigenvalue weighted by Gasteiger charge is -2.20. The van der Waals surface area contributed by atoms with Gasteiger partial charge in [-0.2, -0.15) is 0 Å². The van der Waals surface area contributed by atoms with Gasteiger partial charge >= 0.3 is 0 Å². The summed E-state index contributed by atoms with van der Waals surface area (Å²) in [6, 6.07) is 7.49. The topological polar surface area (TPSA) is 55.5 Å². The smallest absolute Gasteiger partial charge is 0.268 e. The molecule has 23 heavy (non-hydrogen) atoms. The Morgan fingerprint density at radius 1 is 1.17 bits per heavy atom. The zero-order valence-corrected chi connectivity index (χ0v) is 14.1. The van der Waals surface area contributed by atoms with Crippen LogP contribution in [0.1, 0.15) is 36.8 Å². The molecule has 5 heteroatoms. The highest BCUT2D eigenvalue weighted by Gasteiger charge is 2.20. The standard InChI is InChI=1S/C18H21N3O2/c1-11-6-7-12-8-14-13(17(23)21(12)10-11)9-15(20(14)5)16(22)19-18(2,3)4/h6-10H,1-5H3,(H,19,22). The number of carbonyl (C=O) groups excluding carboxylic acids is 1. The fraction of sp³-hybridized carbons (Fsp3) is 0.333. The molecule has 3 heterocycles. The first kappa shape index (κ1) is 15.3. The molecule has 0 aliphatic rings. The zero-order chi connectivity index (χ0) is 16.9. The Hall–Kier alpha value is -2.56. The van der Waals surface area contributed by atoms with Gasteiger partial charge in [-0.3, -0.25) is 14.0 Å². The van der Waals surface area contributed by atoms with Crippen LogP contribution in [-0.2, 0) is 7.05 Å². The number of hydrogen-bond acceptors (Lipinski definition) is 2. The third-order valence-corrected chi connectivity index (χ3v) is 3.86. The van der Waals surface area contributed by atoms with E-state index >= 15 is 0 Å². The van der Waals surface area contributed by atoms with Gasteiger partial charge in [0.15, 0.2) is 0 Å². The molecule has 0 aliphatic carbocycles. The number of nitrogens with zero attached hydrogens (tertiary/aromatic N) is 2. The number of pyridine rings is 2. The lowest BCUT2D eigenvalue weighted by atomic mass is 10.1. The van der Waals surface area contributed by atoms with Crippen LogP contribution in [0.5, 0.6) is 0 Å². The molecule has 3 aromatic rings. The van der Waals surface area contributed by atoms with Crippen molar-refractivity contribution in [1.29, 1.82) is 0 Å². The van der Waals surface area contributed by atoms with Gasteiger partial charge in [-0.15, -0.1) is 0 Å². The molecular formula is C18H21N3O2. The van der Waals surface area contributed by atoms with Crippen molar-refractivity contribution in [3.8, 4) is 0 Å². The summed E-state index contributed by atoms with van der Waals surface area (Å²) in [7, 11) is 1.81. The SMILES string of the molecule is Cc1ccc2cc3c(cc(C(=O)NC(C)(C)C)n3C)c(=O)n2c1. The van der Waals surface area contributed by atoms with E-state index in [4.69, 9.17) is 0 Å². The second-order valence-electron chi connectivity index (χ2n) is 7.04. The van der Waals surface area contributed by atoms with Gasteiger partial charge in [-0.1, -0.05) is 6.07 Å². The third kappa shape index (κ3) is 2.63. The predicted octanol–water partition coefficient (Wildman–Crippen LogP) is 2.63. The van der Waals surface area contributed by atoms with E-state index in [1.54, 1.807) is 15.0 Å². The molecule has 3 rings (SSSR count). The van der Waals surface area contributed by atoms with E-state index in [-0.39, 0.29) is 17.0 Å². The average molecular weight is 311 g/mol. The summed E-state index contributed by atoms with van der Waals surface area (Å²) in [5.41, 5.74) is 2.64. The molecule has 1 amide bonds. The summed E-state index contributed by atoms with van der Waals surface area (Å²) >= 11 is 0. The van der Waals surface area contributed by atoms with E-state index in [1.165, 1.54) is 0 Å². The van der Waals surface area contributed by atoms with E-state index in [0.717, 1.165) is 16.6 Å². The first-order valence-corrected chi connectivity index (χ1v) is 7.61. The fourth-order valence-corrected chi connectivity index (χ4v) is 2.77. The maximum atomic E-state index is 12.7. The third-order valence-electron chi connectivity index (χ3n) is 3.86. The molecule has 0 radical (unpaired) electrons. The minimum absolute atomic E-state index is 0.105. The number of fused-ring (bicyclic) bond motifs is 2. The van der Waals surface area contributed by atoms with Crippen LogP contribution in [0, 0.1) is 6.92 Å². The van der Waals surface area contributed by atoms with E-state index in [9.17, 15) is 9.59 Å². The van der Waals surface area contributed by atoms with E-state index < -0.39 is 0 Å². The largest absolute Gasteiger partial charge is 0.346 e. The van der Waals surface area contributed by atoms with Crippen LogP contribution in [0.25, 0.3) is 16.4 Å². The van der Waals surface area contributed by atoms with Gasteiger partial charge in [0, 0.05) is 18.8 Å². The van der Waals surface area contributed by atoms with E-state index in [0.29, 0.717) is 11.1 Å². The maximum absolute atomic E-state index is 12.7. The number of aromatic nitrogens is 2. The van der Waals surface area contributed by atoms with Gasteiger partial charge in [0.2, 0.25) is 0 Å². The average Bonchev–Trinajstić information content (AvgIpc) is 2.76. The van der Waals surface area contributed by atoms with Gasteiger partial charge in [0.25, 0.3) is 11.5 Å². The molecule has 0 unspecified atom stereocenters. The Kier molecular flexibility index (Phi) is 3.32. The van der Waals surface area contributed by atoms with E-state index in [2.05, 4.69) is 5.32 Å². The van der Waals surface area contributed by atoms with Crippen LogP contribution in [0.15, 0.2) is 35.3 Å². The van der Waals surface area contributed by atoms with Gasteiger partial charge < -0.3 is 9.88 Å². The van der Waals surface area contributed by atoms with Crippen molar-refractivity contribution in [1.82, 2.24) is 14.3 Å². The lowest BCUT2D eigenvalue weighted by Crippen LogP contribution is -2.41. The van der Waals surface area contributed by atoms with Crippen molar-refractivity contribution in [2.45, 2.75) is 33.2 Å². The molecule has 120 valence electrons. The van der Waals surface area contributed by atoms with Crippen LogP contribution in [0.3, 0.4) is 0 Å². The minimum atomic E-state index is -0.329. The van der Waals surface area contributed by atoms with Crippen LogP contribution in [0.4, 0.5) is 0 Å². The Bertz CT molecular complexity index is 987. The molecule has 0 aliphatic heterocycles. The lowest BCUT2D eigenvalue weighted by molar-refractivity contribution is 0.0911. The molecule has 1 N–H and O–H groups in total. The quantitative estimate of drug-likeness (QED) is 0.751. The Labute approximate surface area is 134 Å². The normalized spacial score (nSPS) is 12.0. The van der Waals surface area contributed by atoms with Crippen molar-refractivity contribution in [3.63, 3.8) is 0 Å². The monoisotopic (exact) mass is 311 g/mol. The van der Waals surface area contributed by atoms with Crippen LogP contribution in [-0.4, -0.2) is 20.4 Å². The molecule has 3 aromatic heterocycles. The van der Waals surface area contributed by atoms with Crippen molar-refractivity contribution in [3.05, 3.63) is 52.1 Å². The highest BCUT2D eigenvalue weighted by molar-refractivity contribution is 5.99. The van der Waals surface area contributed by atoms with Crippen molar-refractivity contribution < 1.29 is 4.79 Å². The summed E-state index contributed by atoms with van der Waals surface area (Å²) in [5.74, 6) is -0.180. The summed E-state index contributed by atoms with van der Waals surface area (Å²) < 4.78 is 3.40. The molecular weight excluding hydrogens is 290 g/mol. The number of nitrogens with one attached hydrogen (secondary N) is 1. The molecule has 5 nitrogen and oxygen atoms in total. The number of carbonyl (C=O) groups is 1. The van der Waals surface area contributed by atoms with Gasteiger partial charge in [0.05, 0.1) is 16.4 Å². The Morgan fingerprint density at radius 2 is 1.87 bits per heavy atom. The zero-order valence-electron chi connectivity index (χ0n) is 14.1. The summed E-state index contributed by atoms with van der Waals surface area (Å²) in [4.78, 5) is 25.2. The van der Waals surface area contributed by atoms with Gasteiger partial charge in [-0.25, -0.2) is 0 Å². The first-order chi connectivity index (χ1) is 10.7. The van der Waals surface area contributed by atoms with E-state index in [1.807, 2.05) is 59.1 Å². The molecule has 0 aromatic carbocycles.